The summed E-state index contributed by atoms with van der Waals surface area (Å²) in [5.74, 6) is -1.20. The van der Waals surface area contributed by atoms with Crippen LogP contribution in [0.15, 0.2) is 24.3 Å². The summed E-state index contributed by atoms with van der Waals surface area (Å²) in [5.41, 5.74) is 4.91. The minimum Gasteiger partial charge on any atom is -0.452 e. The first-order chi connectivity index (χ1) is 13.7. The van der Waals surface area contributed by atoms with Crippen molar-refractivity contribution in [1.82, 2.24) is 10.6 Å². The van der Waals surface area contributed by atoms with Gasteiger partial charge in [0.2, 0.25) is 0 Å². The number of halogens is 1. The molecule has 0 spiro atoms. The van der Waals surface area contributed by atoms with Crippen molar-refractivity contribution in [2.24, 2.45) is 5.73 Å². The van der Waals surface area contributed by atoms with Crippen LogP contribution in [0.5, 0.6) is 0 Å². The van der Waals surface area contributed by atoms with Crippen LogP contribution in [0.3, 0.4) is 0 Å². The predicted molar refractivity (Wildman–Crippen MR) is 107 cm³/mol. The van der Waals surface area contributed by atoms with Crippen LogP contribution in [0.2, 0.25) is 5.02 Å². The van der Waals surface area contributed by atoms with Crippen LogP contribution in [-0.4, -0.2) is 29.6 Å². The molecule has 0 bridgehead atoms. The molecule has 29 heavy (non-hydrogen) atoms. The van der Waals surface area contributed by atoms with Gasteiger partial charge >= 0.3 is 12.0 Å². The summed E-state index contributed by atoms with van der Waals surface area (Å²) in [4.78, 5) is 36.1. The average Bonchev–Trinajstić information content (AvgIpc) is 2.68. The summed E-state index contributed by atoms with van der Waals surface area (Å²) in [6.45, 7) is 1.44. The zero-order chi connectivity index (χ0) is 21.4. The fraction of sp³-hybridized carbons (Fsp3) is 0.500. The normalized spacial score (nSPS) is 17.3. The van der Waals surface area contributed by atoms with Gasteiger partial charge in [0.25, 0.3) is 5.91 Å². The van der Waals surface area contributed by atoms with Crippen molar-refractivity contribution in [2.75, 3.05) is 0 Å². The fourth-order valence-electron chi connectivity index (χ4n) is 3.34. The van der Waals surface area contributed by atoms with Crippen LogP contribution in [0, 0.1) is 11.3 Å². The number of hydrogen-bond donors (Lipinski definition) is 3. The topological polar surface area (TPSA) is 134 Å². The van der Waals surface area contributed by atoms with Crippen molar-refractivity contribution in [3.05, 3.63) is 34.9 Å². The van der Waals surface area contributed by atoms with Crippen LogP contribution in [0.1, 0.15) is 57.1 Å². The molecule has 4 N–H and O–H groups in total. The molecule has 8 nitrogen and oxygen atoms in total. The number of esters is 1. The third-order valence-corrected chi connectivity index (χ3v) is 5.17. The lowest BCUT2D eigenvalue weighted by atomic mass is 9.83. The van der Waals surface area contributed by atoms with Gasteiger partial charge in [-0.25, -0.2) is 4.79 Å². The van der Waals surface area contributed by atoms with Crippen LogP contribution in [-0.2, 0) is 14.3 Å². The number of amides is 3. The van der Waals surface area contributed by atoms with Gasteiger partial charge in [0, 0.05) is 5.02 Å². The van der Waals surface area contributed by atoms with Gasteiger partial charge in [-0.1, -0.05) is 43.0 Å². The summed E-state index contributed by atoms with van der Waals surface area (Å²) >= 11 is 5.86. The van der Waals surface area contributed by atoms with Crippen molar-refractivity contribution in [3.8, 4) is 6.07 Å². The maximum absolute atomic E-state index is 12.4. The van der Waals surface area contributed by atoms with Gasteiger partial charge in [-0.05, 0) is 37.5 Å². The van der Waals surface area contributed by atoms with E-state index >= 15 is 0 Å². The highest BCUT2D eigenvalue weighted by molar-refractivity contribution is 6.30. The second kappa shape index (κ2) is 10.1. The first kappa shape index (κ1) is 22.5. The molecule has 1 fully saturated rings. The van der Waals surface area contributed by atoms with Crippen molar-refractivity contribution >= 4 is 29.5 Å². The van der Waals surface area contributed by atoms with Crippen molar-refractivity contribution in [3.63, 3.8) is 0 Å². The number of carbonyl (C=O) groups is 3. The van der Waals surface area contributed by atoms with Gasteiger partial charge in [-0.15, -0.1) is 0 Å². The second-order valence-corrected chi connectivity index (χ2v) is 7.63. The zero-order valence-electron chi connectivity index (χ0n) is 16.2. The monoisotopic (exact) mass is 420 g/mol. The summed E-state index contributed by atoms with van der Waals surface area (Å²) < 4.78 is 5.22. The van der Waals surface area contributed by atoms with Gasteiger partial charge in [0.1, 0.15) is 5.54 Å². The van der Waals surface area contributed by atoms with E-state index in [1.54, 1.807) is 24.3 Å². The van der Waals surface area contributed by atoms with E-state index in [4.69, 9.17) is 22.1 Å². The number of benzene rings is 1. The molecule has 3 amide bonds. The number of nitrogens with two attached hydrogens (primary N) is 1. The molecule has 9 heteroatoms. The number of urea groups is 1. The van der Waals surface area contributed by atoms with Gasteiger partial charge in [0.05, 0.1) is 18.5 Å². The Hall–Kier alpha value is -2.79. The third kappa shape index (κ3) is 6.64. The first-order valence-corrected chi connectivity index (χ1v) is 9.87. The third-order valence-electron chi connectivity index (χ3n) is 4.92. The summed E-state index contributed by atoms with van der Waals surface area (Å²) in [6, 6.07) is 7.24. The minimum atomic E-state index is -1.07. The molecule has 1 aliphatic carbocycles. The Kier molecular flexibility index (Phi) is 7.85. The number of ether oxygens (including phenoxy) is 1. The van der Waals surface area contributed by atoms with Gasteiger partial charge in [-0.3, -0.25) is 9.59 Å². The van der Waals surface area contributed by atoms with Crippen LogP contribution in [0.25, 0.3) is 0 Å². The Morgan fingerprint density at radius 1 is 1.24 bits per heavy atom. The highest BCUT2D eigenvalue weighted by Gasteiger charge is 2.35. The van der Waals surface area contributed by atoms with E-state index in [0.29, 0.717) is 23.4 Å². The van der Waals surface area contributed by atoms with E-state index in [2.05, 4.69) is 16.7 Å². The lowest BCUT2D eigenvalue weighted by Crippen LogP contribution is -2.52. The molecular weight excluding hydrogens is 396 g/mol. The molecule has 1 aromatic rings. The molecule has 0 aliphatic heterocycles. The fourth-order valence-corrected chi connectivity index (χ4v) is 3.47. The molecular formula is C20H25ClN4O4. The number of nitrogens with one attached hydrogen (secondary N) is 2. The molecule has 0 saturated heterocycles. The Balaban J connectivity index is 1.97. The molecule has 1 aromatic carbocycles. The SMILES string of the molecule is C[C@H](OC(=O)C[C@H](NC(N)=O)c1ccc(Cl)cc1)C(=O)NC1(C#N)CCCCC1. The lowest BCUT2D eigenvalue weighted by molar-refractivity contribution is -0.155. The molecule has 0 radical (unpaired) electrons. The number of hydrogen-bond acceptors (Lipinski definition) is 5. The molecule has 156 valence electrons. The number of primary amides is 1. The van der Waals surface area contributed by atoms with Crippen LogP contribution in [0.4, 0.5) is 4.79 Å². The summed E-state index contributed by atoms with van der Waals surface area (Å²) in [6.07, 6.45) is 2.63. The van der Waals surface area contributed by atoms with Crippen molar-refractivity contribution in [1.29, 1.82) is 5.26 Å². The molecule has 2 rings (SSSR count). The molecule has 2 atom stereocenters. The maximum atomic E-state index is 12.4. The van der Waals surface area contributed by atoms with Gasteiger partial charge in [0.15, 0.2) is 6.10 Å². The highest BCUT2D eigenvalue weighted by Crippen LogP contribution is 2.27. The van der Waals surface area contributed by atoms with E-state index in [9.17, 15) is 19.6 Å². The highest BCUT2D eigenvalue weighted by atomic mass is 35.5. The Labute approximate surface area is 174 Å². The maximum Gasteiger partial charge on any atom is 0.312 e. The molecule has 0 aromatic heterocycles. The Bertz CT molecular complexity index is 785. The minimum absolute atomic E-state index is 0.217. The quantitative estimate of drug-likeness (QED) is 0.583. The largest absolute Gasteiger partial charge is 0.452 e. The van der Waals surface area contributed by atoms with Crippen LogP contribution >= 0.6 is 11.6 Å². The van der Waals surface area contributed by atoms with Crippen molar-refractivity contribution in [2.45, 2.75) is 63.1 Å². The Morgan fingerprint density at radius 2 is 1.86 bits per heavy atom. The number of nitriles is 1. The van der Waals surface area contributed by atoms with E-state index in [1.807, 2.05) is 0 Å². The van der Waals surface area contributed by atoms with E-state index in [0.717, 1.165) is 19.3 Å². The number of carbonyl (C=O) groups excluding carboxylic acids is 3. The molecule has 0 heterocycles. The average molecular weight is 421 g/mol. The summed E-state index contributed by atoms with van der Waals surface area (Å²) in [7, 11) is 0. The van der Waals surface area contributed by atoms with E-state index < -0.39 is 35.6 Å². The van der Waals surface area contributed by atoms with E-state index in [-0.39, 0.29) is 6.42 Å². The first-order valence-electron chi connectivity index (χ1n) is 9.49. The zero-order valence-corrected chi connectivity index (χ0v) is 17.0. The Morgan fingerprint density at radius 3 is 2.41 bits per heavy atom. The standard InChI is InChI=1S/C20H25ClN4O4/c1-13(18(27)25-20(12-22)9-3-2-4-10-20)29-17(26)11-16(24-19(23)28)14-5-7-15(21)8-6-14/h5-8,13,16H,2-4,9-11H2,1H3,(H,25,27)(H3,23,24,28)/t13-,16-/m0/s1. The van der Waals surface area contributed by atoms with Crippen molar-refractivity contribution < 1.29 is 19.1 Å². The predicted octanol–water partition coefficient (Wildman–Crippen LogP) is 2.71. The van der Waals surface area contributed by atoms with Crippen LogP contribution < -0.4 is 16.4 Å². The summed E-state index contributed by atoms with van der Waals surface area (Å²) in [5, 5.41) is 15.2. The smallest absolute Gasteiger partial charge is 0.312 e. The van der Waals surface area contributed by atoms with Gasteiger partial charge < -0.3 is 21.1 Å². The number of nitrogens with zero attached hydrogens (tertiary/aromatic N) is 1. The molecule has 1 saturated carbocycles. The number of rotatable bonds is 7. The van der Waals surface area contributed by atoms with Gasteiger partial charge in [-0.2, -0.15) is 5.26 Å². The second-order valence-electron chi connectivity index (χ2n) is 7.19. The molecule has 1 aliphatic rings. The van der Waals surface area contributed by atoms with E-state index in [1.165, 1.54) is 6.92 Å². The lowest BCUT2D eigenvalue weighted by Gasteiger charge is -2.32. The molecule has 0 unspecified atom stereocenters.